The van der Waals surface area contributed by atoms with E-state index in [-0.39, 0.29) is 6.03 Å². The number of fused-ring (bicyclic) bond motifs is 1. The van der Waals surface area contributed by atoms with Crippen molar-refractivity contribution < 1.29 is 19.0 Å². The van der Waals surface area contributed by atoms with Crippen LogP contribution in [-0.4, -0.2) is 39.2 Å². The number of para-hydroxylation sites is 1. The minimum absolute atomic E-state index is 0.185. The van der Waals surface area contributed by atoms with Gasteiger partial charge in [-0.3, -0.25) is 4.90 Å². The molecule has 2 aromatic carbocycles. The number of nitrogens with one attached hydrogen (secondary N) is 1. The molecule has 0 radical (unpaired) electrons. The van der Waals surface area contributed by atoms with Crippen LogP contribution in [0.2, 0.25) is 0 Å². The predicted octanol–water partition coefficient (Wildman–Crippen LogP) is 4.64. The van der Waals surface area contributed by atoms with Crippen LogP contribution in [0.5, 0.6) is 17.2 Å². The summed E-state index contributed by atoms with van der Waals surface area (Å²) in [6.45, 7) is 2.80. The van der Waals surface area contributed by atoms with Gasteiger partial charge in [0, 0.05) is 28.8 Å². The first-order valence-corrected chi connectivity index (χ1v) is 9.63. The second kappa shape index (κ2) is 8.43. The van der Waals surface area contributed by atoms with Gasteiger partial charge in [0.2, 0.25) is 5.75 Å². The lowest BCUT2D eigenvalue weighted by atomic mass is 10.2. The molecule has 1 aliphatic rings. The summed E-state index contributed by atoms with van der Waals surface area (Å²) in [7, 11) is 4.64. The highest BCUT2D eigenvalue weighted by molar-refractivity contribution is 8.00. The summed E-state index contributed by atoms with van der Waals surface area (Å²) < 4.78 is 16.1. The Bertz CT molecular complexity index is 802. The fourth-order valence-electron chi connectivity index (χ4n) is 3.05. The number of amides is 2. The molecule has 1 aliphatic heterocycles. The SMILES string of the molecule is CCC1CN(C(=O)Nc2cc(OC)c(OC)c(OC)c2)c2ccccc2S1. The van der Waals surface area contributed by atoms with Crippen LogP contribution >= 0.6 is 11.8 Å². The van der Waals surface area contributed by atoms with Gasteiger partial charge in [-0.1, -0.05) is 19.1 Å². The van der Waals surface area contributed by atoms with Gasteiger partial charge >= 0.3 is 6.03 Å². The topological polar surface area (TPSA) is 60.0 Å². The molecule has 0 fully saturated rings. The number of carbonyl (C=O) groups is 1. The van der Waals surface area contributed by atoms with Crippen molar-refractivity contribution in [3.8, 4) is 17.2 Å². The number of thioether (sulfide) groups is 1. The van der Waals surface area contributed by atoms with E-state index < -0.39 is 0 Å². The third-order valence-corrected chi connectivity index (χ3v) is 5.87. The van der Waals surface area contributed by atoms with Gasteiger partial charge < -0.3 is 19.5 Å². The Labute approximate surface area is 163 Å². The molecule has 6 nitrogen and oxygen atoms in total. The summed E-state index contributed by atoms with van der Waals surface area (Å²) in [4.78, 5) is 16.0. The van der Waals surface area contributed by atoms with Crippen molar-refractivity contribution in [3.05, 3.63) is 36.4 Å². The van der Waals surface area contributed by atoms with Crippen LogP contribution in [0.4, 0.5) is 16.2 Å². The number of ether oxygens (including phenoxy) is 3. The van der Waals surface area contributed by atoms with Crippen molar-refractivity contribution in [1.82, 2.24) is 0 Å². The van der Waals surface area contributed by atoms with E-state index in [4.69, 9.17) is 14.2 Å². The fourth-order valence-corrected chi connectivity index (χ4v) is 4.25. The Hall–Kier alpha value is -2.54. The smallest absolute Gasteiger partial charge is 0.326 e. The lowest BCUT2D eigenvalue weighted by Gasteiger charge is -2.33. The summed E-state index contributed by atoms with van der Waals surface area (Å²) in [5.74, 6) is 1.48. The minimum atomic E-state index is -0.185. The molecular formula is C20H24N2O4S. The largest absolute Gasteiger partial charge is 0.493 e. The Morgan fingerprint density at radius 2 is 1.81 bits per heavy atom. The maximum absolute atomic E-state index is 13.0. The van der Waals surface area contributed by atoms with Crippen LogP contribution in [-0.2, 0) is 0 Å². The van der Waals surface area contributed by atoms with E-state index in [0.29, 0.717) is 34.7 Å². The van der Waals surface area contributed by atoms with E-state index in [0.717, 1.165) is 17.0 Å². The first-order valence-electron chi connectivity index (χ1n) is 8.75. The van der Waals surface area contributed by atoms with Gasteiger partial charge in [0.25, 0.3) is 0 Å². The van der Waals surface area contributed by atoms with E-state index >= 15 is 0 Å². The van der Waals surface area contributed by atoms with Crippen LogP contribution in [0.1, 0.15) is 13.3 Å². The van der Waals surface area contributed by atoms with E-state index in [2.05, 4.69) is 18.3 Å². The number of rotatable bonds is 5. The molecule has 7 heteroatoms. The molecule has 2 amide bonds. The average Bonchev–Trinajstić information content (AvgIpc) is 2.71. The van der Waals surface area contributed by atoms with Gasteiger partial charge in [-0.25, -0.2) is 4.79 Å². The Balaban J connectivity index is 1.89. The van der Waals surface area contributed by atoms with Crippen molar-refractivity contribution in [2.45, 2.75) is 23.5 Å². The van der Waals surface area contributed by atoms with E-state index in [1.54, 1.807) is 38.4 Å². The molecule has 1 heterocycles. The molecule has 0 aliphatic carbocycles. The lowest BCUT2D eigenvalue weighted by Crippen LogP contribution is -2.41. The highest BCUT2D eigenvalue weighted by Gasteiger charge is 2.28. The molecule has 0 saturated heterocycles. The summed E-state index contributed by atoms with van der Waals surface area (Å²) >= 11 is 1.82. The second-order valence-electron chi connectivity index (χ2n) is 6.07. The summed E-state index contributed by atoms with van der Waals surface area (Å²) in [6, 6.07) is 11.2. The fraction of sp³-hybridized carbons (Fsp3) is 0.350. The quantitative estimate of drug-likeness (QED) is 0.809. The maximum Gasteiger partial charge on any atom is 0.326 e. The first-order chi connectivity index (χ1) is 13.1. The number of nitrogens with zero attached hydrogens (tertiary/aromatic N) is 1. The monoisotopic (exact) mass is 388 g/mol. The van der Waals surface area contributed by atoms with Crippen molar-refractivity contribution in [1.29, 1.82) is 0 Å². The van der Waals surface area contributed by atoms with Crippen LogP contribution in [0.15, 0.2) is 41.3 Å². The first kappa shape index (κ1) is 19.2. The van der Waals surface area contributed by atoms with E-state index in [9.17, 15) is 4.79 Å². The second-order valence-corrected chi connectivity index (χ2v) is 7.41. The van der Waals surface area contributed by atoms with Crippen LogP contribution in [0.25, 0.3) is 0 Å². The molecule has 0 aromatic heterocycles. The van der Waals surface area contributed by atoms with Crippen molar-refractivity contribution in [2.75, 3.05) is 38.1 Å². The number of carbonyl (C=O) groups excluding carboxylic acids is 1. The number of anilines is 2. The molecule has 1 N–H and O–H groups in total. The molecule has 0 spiro atoms. The van der Waals surface area contributed by atoms with Gasteiger partial charge in [-0.05, 0) is 18.6 Å². The third kappa shape index (κ3) is 3.93. The molecule has 0 bridgehead atoms. The van der Waals surface area contributed by atoms with Gasteiger partial charge in [-0.15, -0.1) is 11.8 Å². The molecule has 2 aromatic rings. The summed E-state index contributed by atoms with van der Waals surface area (Å²) in [6.07, 6.45) is 0.993. The standard InChI is InChI=1S/C20H24N2O4S/c1-5-14-12-22(15-8-6-7-9-18(15)27-14)20(23)21-13-10-16(24-2)19(26-4)17(11-13)25-3/h6-11,14H,5,12H2,1-4H3,(H,21,23). The number of hydrogen-bond donors (Lipinski definition) is 1. The molecule has 1 atom stereocenters. The molecular weight excluding hydrogens is 364 g/mol. The summed E-state index contributed by atoms with van der Waals surface area (Å²) in [5.41, 5.74) is 1.51. The van der Waals surface area contributed by atoms with Gasteiger partial charge in [0.05, 0.1) is 32.7 Å². The van der Waals surface area contributed by atoms with Crippen LogP contribution in [0, 0.1) is 0 Å². The van der Waals surface area contributed by atoms with E-state index in [1.165, 1.54) is 0 Å². The van der Waals surface area contributed by atoms with Crippen molar-refractivity contribution in [2.24, 2.45) is 0 Å². The maximum atomic E-state index is 13.0. The molecule has 0 saturated carbocycles. The third-order valence-electron chi connectivity index (χ3n) is 4.45. The molecule has 3 rings (SSSR count). The van der Waals surface area contributed by atoms with Gasteiger partial charge in [-0.2, -0.15) is 0 Å². The zero-order valence-corrected chi connectivity index (χ0v) is 16.8. The minimum Gasteiger partial charge on any atom is -0.493 e. The zero-order valence-electron chi connectivity index (χ0n) is 15.9. The number of urea groups is 1. The zero-order chi connectivity index (χ0) is 19.4. The lowest BCUT2D eigenvalue weighted by molar-refractivity contribution is 0.256. The van der Waals surface area contributed by atoms with Gasteiger partial charge in [0.15, 0.2) is 11.5 Å². The highest BCUT2D eigenvalue weighted by atomic mass is 32.2. The van der Waals surface area contributed by atoms with Crippen molar-refractivity contribution >= 4 is 29.2 Å². The van der Waals surface area contributed by atoms with Gasteiger partial charge in [0.1, 0.15) is 0 Å². The molecule has 1 unspecified atom stereocenters. The van der Waals surface area contributed by atoms with Crippen molar-refractivity contribution in [3.63, 3.8) is 0 Å². The molecule has 144 valence electrons. The van der Waals surface area contributed by atoms with Crippen LogP contribution in [0.3, 0.4) is 0 Å². The number of benzene rings is 2. The highest BCUT2D eigenvalue weighted by Crippen LogP contribution is 2.41. The average molecular weight is 388 g/mol. The van der Waals surface area contributed by atoms with Crippen LogP contribution < -0.4 is 24.4 Å². The van der Waals surface area contributed by atoms with E-state index in [1.807, 2.05) is 30.0 Å². The Morgan fingerprint density at radius 3 is 2.41 bits per heavy atom. The molecule has 27 heavy (non-hydrogen) atoms. The summed E-state index contributed by atoms with van der Waals surface area (Å²) in [5, 5.41) is 3.33. The Kier molecular flexibility index (Phi) is 6.01. The predicted molar refractivity (Wildman–Crippen MR) is 109 cm³/mol. The number of hydrogen-bond acceptors (Lipinski definition) is 5. The Morgan fingerprint density at radius 1 is 1.15 bits per heavy atom. The normalized spacial score (nSPS) is 15.7. The number of methoxy groups -OCH3 is 3.